The average Bonchev–Trinajstić information content (AvgIpc) is 3.30. The molecule has 1 aliphatic heterocycles. The van der Waals surface area contributed by atoms with E-state index in [2.05, 4.69) is 49.4 Å². The second kappa shape index (κ2) is 7.31. The molecule has 1 saturated heterocycles. The normalized spacial score (nSPS) is 18.3. The van der Waals surface area contributed by atoms with Gasteiger partial charge in [-0.2, -0.15) is 0 Å². The van der Waals surface area contributed by atoms with Crippen LogP contribution in [0.5, 0.6) is 0 Å². The quantitative estimate of drug-likeness (QED) is 0.656. The van der Waals surface area contributed by atoms with E-state index in [9.17, 15) is 4.79 Å². The standard InChI is InChI=1S/C19H23N5O2/c1-13(25)21-9-15-10-22-19(23-15)18-12-24(7-8-26-18)11-14-3-2-4-17-16(14)5-6-20-17/h2-6,10,18,20H,7-9,11-12H2,1H3,(H,21,25)(H,22,23)/t18-/m1/s1. The van der Waals surface area contributed by atoms with Crippen LogP contribution < -0.4 is 5.32 Å². The summed E-state index contributed by atoms with van der Waals surface area (Å²) in [6.07, 6.45) is 3.66. The molecule has 136 valence electrons. The van der Waals surface area contributed by atoms with Crippen LogP contribution in [-0.2, 0) is 22.6 Å². The number of benzene rings is 1. The van der Waals surface area contributed by atoms with Gasteiger partial charge in [-0.1, -0.05) is 12.1 Å². The van der Waals surface area contributed by atoms with Crippen molar-refractivity contribution in [2.45, 2.75) is 26.1 Å². The summed E-state index contributed by atoms with van der Waals surface area (Å²) in [5.41, 5.74) is 3.36. The number of carbonyl (C=O) groups is 1. The molecule has 0 spiro atoms. The Balaban J connectivity index is 1.43. The Labute approximate surface area is 151 Å². The maximum Gasteiger partial charge on any atom is 0.217 e. The number of amides is 1. The third kappa shape index (κ3) is 3.63. The van der Waals surface area contributed by atoms with Gasteiger partial charge in [-0.05, 0) is 17.7 Å². The van der Waals surface area contributed by atoms with Gasteiger partial charge < -0.3 is 20.0 Å². The van der Waals surface area contributed by atoms with Crippen LogP contribution >= 0.6 is 0 Å². The predicted octanol–water partition coefficient (Wildman–Crippen LogP) is 2.10. The number of H-pyrrole nitrogens is 2. The Morgan fingerprint density at radius 3 is 3.23 bits per heavy atom. The molecule has 0 aliphatic carbocycles. The van der Waals surface area contributed by atoms with Gasteiger partial charge in [-0.15, -0.1) is 0 Å². The topological polar surface area (TPSA) is 86.0 Å². The zero-order chi connectivity index (χ0) is 17.9. The highest BCUT2D eigenvalue weighted by Gasteiger charge is 2.24. The molecule has 3 aromatic rings. The summed E-state index contributed by atoms with van der Waals surface area (Å²) < 4.78 is 5.91. The van der Waals surface area contributed by atoms with Crippen LogP contribution in [0.2, 0.25) is 0 Å². The number of ether oxygens (including phenoxy) is 1. The van der Waals surface area contributed by atoms with Gasteiger partial charge in [0.05, 0.1) is 25.0 Å². The van der Waals surface area contributed by atoms with E-state index in [1.54, 1.807) is 6.20 Å². The monoisotopic (exact) mass is 353 g/mol. The molecule has 0 radical (unpaired) electrons. The van der Waals surface area contributed by atoms with E-state index in [-0.39, 0.29) is 12.0 Å². The second-order valence-corrected chi connectivity index (χ2v) is 6.65. The largest absolute Gasteiger partial charge is 0.368 e. The molecular weight excluding hydrogens is 330 g/mol. The van der Waals surface area contributed by atoms with E-state index >= 15 is 0 Å². The third-order valence-electron chi connectivity index (χ3n) is 4.71. The minimum absolute atomic E-state index is 0.0554. The van der Waals surface area contributed by atoms with Gasteiger partial charge in [0.15, 0.2) is 0 Å². The Morgan fingerprint density at radius 2 is 2.35 bits per heavy atom. The molecule has 1 fully saturated rings. The van der Waals surface area contributed by atoms with E-state index in [0.717, 1.165) is 31.2 Å². The first-order valence-corrected chi connectivity index (χ1v) is 8.86. The predicted molar refractivity (Wildman–Crippen MR) is 98.4 cm³/mol. The summed E-state index contributed by atoms with van der Waals surface area (Å²) in [4.78, 5) is 24.4. The van der Waals surface area contributed by atoms with Crippen molar-refractivity contribution in [1.82, 2.24) is 25.2 Å². The lowest BCUT2D eigenvalue weighted by atomic mass is 10.1. The van der Waals surface area contributed by atoms with E-state index in [4.69, 9.17) is 4.74 Å². The van der Waals surface area contributed by atoms with Crippen molar-refractivity contribution < 1.29 is 9.53 Å². The van der Waals surface area contributed by atoms with Crippen molar-refractivity contribution in [3.8, 4) is 0 Å². The zero-order valence-corrected chi connectivity index (χ0v) is 14.8. The first-order chi connectivity index (χ1) is 12.7. The molecule has 3 heterocycles. The molecule has 4 rings (SSSR count). The first kappa shape index (κ1) is 16.8. The number of nitrogens with one attached hydrogen (secondary N) is 3. The molecule has 1 amide bonds. The Bertz CT molecular complexity index is 900. The van der Waals surface area contributed by atoms with Crippen molar-refractivity contribution >= 4 is 16.8 Å². The fourth-order valence-electron chi connectivity index (χ4n) is 3.39. The molecule has 0 bridgehead atoms. The number of aromatic amines is 2. The van der Waals surface area contributed by atoms with Gasteiger partial charge in [0.25, 0.3) is 0 Å². The molecular formula is C19H23N5O2. The number of aromatic nitrogens is 3. The van der Waals surface area contributed by atoms with E-state index in [1.165, 1.54) is 23.4 Å². The van der Waals surface area contributed by atoms with Gasteiger partial charge >= 0.3 is 0 Å². The Morgan fingerprint density at radius 1 is 1.42 bits per heavy atom. The minimum Gasteiger partial charge on any atom is -0.368 e. The molecule has 2 aromatic heterocycles. The summed E-state index contributed by atoms with van der Waals surface area (Å²) in [6, 6.07) is 8.50. The highest BCUT2D eigenvalue weighted by Crippen LogP contribution is 2.24. The fraction of sp³-hybridized carbons (Fsp3) is 0.368. The number of nitrogens with zero attached hydrogens (tertiary/aromatic N) is 2. The summed E-state index contributed by atoms with van der Waals surface area (Å²) in [6.45, 7) is 5.20. The van der Waals surface area contributed by atoms with E-state index < -0.39 is 0 Å². The highest BCUT2D eigenvalue weighted by molar-refractivity contribution is 5.82. The van der Waals surface area contributed by atoms with Crippen LogP contribution in [0.25, 0.3) is 10.9 Å². The van der Waals surface area contributed by atoms with Crippen LogP contribution in [0, 0.1) is 0 Å². The van der Waals surface area contributed by atoms with Crippen molar-refractivity contribution in [3.63, 3.8) is 0 Å². The third-order valence-corrected chi connectivity index (χ3v) is 4.71. The number of hydrogen-bond acceptors (Lipinski definition) is 4. The molecule has 7 nitrogen and oxygen atoms in total. The van der Waals surface area contributed by atoms with Crippen molar-refractivity contribution in [3.05, 3.63) is 53.7 Å². The van der Waals surface area contributed by atoms with Gasteiger partial charge in [0.1, 0.15) is 11.9 Å². The maximum atomic E-state index is 11.0. The van der Waals surface area contributed by atoms with E-state index in [0.29, 0.717) is 13.2 Å². The van der Waals surface area contributed by atoms with Crippen molar-refractivity contribution in [2.75, 3.05) is 19.7 Å². The first-order valence-electron chi connectivity index (χ1n) is 8.86. The zero-order valence-electron chi connectivity index (χ0n) is 14.8. The van der Waals surface area contributed by atoms with Crippen molar-refractivity contribution in [2.24, 2.45) is 0 Å². The summed E-state index contributed by atoms with van der Waals surface area (Å²) in [5.74, 6) is 0.759. The number of carbonyl (C=O) groups excluding carboxylic acids is 1. The fourth-order valence-corrected chi connectivity index (χ4v) is 3.39. The molecule has 26 heavy (non-hydrogen) atoms. The SMILES string of the molecule is CC(=O)NCc1cnc([C@H]2CN(Cc3cccc4[nH]ccc34)CCO2)[nH]1. The summed E-state index contributed by atoms with van der Waals surface area (Å²) in [7, 11) is 0. The Hall–Kier alpha value is -2.64. The molecule has 0 unspecified atom stereocenters. The van der Waals surface area contributed by atoms with Crippen LogP contribution in [-0.4, -0.2) is 45.5 Å². The van der Waals surface area contributed by atoms with Gasteiger partial charge in [0, 0.05) is 43.7 Å². The summed E-state index contributed by atoms with van der Waals surface area (Å²) in [5, 5.41) is 4.04. The lowest BCUT2D eigenvalue weighted by Crippen LogP contribution is -2.38. The second-order valence-electron chi connectivity index (χ2n) is 6.65. The lowest BCUT2D eigenvalue weighted by Gasteiger charge is -2.32. The van der Waals surface area contributed by atoms with Crippen LogP contribution in [0.4, 0.5) is 0 Å². The van der Waals surface area contributed by atoms with Crippen LogP contribution in [0.3, 0.4) is 0 Å². The minimum atomic E-state index is -0.0831. The Kier molecular flexibility index (Phi) is 4.73. The summed E-state index contributed by atoms with van der Waals surface area (Å²) >= 11 is 0. The highest BCUT2D eigenvalue weighted by atomic mass is 16.5. The van der Waals surface area contributed by atoms with Gasteiger partial charge in [0.2, 0.25) is 5.91 Å². The van der Waals surface area contributed by atoms with Crippen LogP contribution in [0.1, 0.15) is 30.1 Å². The van der Waals surface area contributed by atoms with Crippen LogP contribution in [0.15, 0.2) is 36.7 Å². The smallest absolute Gasteiger partial charge is 0.217 e. The maximum absolute atomic E-state index is 11.0. The molecule has 0 saturated carbocycles. The molecule has 1 atom stereocenters. The van der Waals surface area contributed by atoms with Crippen molar-refractivity contribution in [1.29, 1.82) is 0 Å². The number of hydrogen-bond donors (Lipinski definition) is 3. The number of fused-ring (bicyclic) bond motifs is 1. The molecule has 1 aliphatic rings. The average molecular weight is 353 g/mol. The molecule has 1 aromatic carbocycles. The van der Waals surface area contributed by atoms with E-state index in [1.807, 2.05) is 6.20 Å². The number of rotatable bonds is 5. The van der Waals surface area contributed by atoms with Gasteiger partial charge in [-0.25, -0.2) is 4.98 Å². The van der Waals surface area contributed by atoms with Gasteiger partial charge in [-0.3, -0.25) is 9.69 Å². The molecule has 3 N–H and O–H groups in total. The number of imidazole rings is 1. The lowest BCUT2D eigenvalue weighted by molar-refractivity contribution is -0.119. The molecule has 7 heteroatoms. The number of morpholine rings is 1.